The molecule has 2 rings (SSSR count). The summed E-state index contributed by atoms with van der Waals surface area (Å²) in [4.78, 5) is 26.2. The zero-order valence-corrected chi connectivity index (χ0v) is 11.8. The van der Waals surface area contributed by atoms with Crippen LogP contribution in [0.1, 0.15) is 18.5 Å². The maximum absolute atomic E-state index is 12.1. The van der Waals surface area contributed by atoms with Crippen molar-refractivity contribution in [1.82, 2.24) is 15.1 Å². The maximum Gasteiger partial charge on any atom is 0.236 e. The summed E-state index contributed by atoms with van der Waals surface area (Å²) in [7, 11) is 0. The van der Waals surface area contributed by atoms with Crippen LogP contribution in [0.4, 0.5) is 0 Å². The maximum atomic E-state index is 12.1. The first-order chi connectivity index (χ1) is 9.70. The summed E-state index contributed by atoms with van der Waals surface area (Å²) < 4.78 is 0. The lowest BCUT2D eigenvalue weighted by Crippen LogP contribution is -2.50. The predicted molar refractivity (Wildman–Crippen MR) is 77.1 cm³/mol. The molecule has 1 saturated heterocycles. The summed E-state index contributed by atoms with van der Waals surface area (Å²) in [5, 5.41) is 3.25. The lowest BCUT2D eigenvalue weighted by atomic mass is 10.1. The molecule has 1 atom stereocenters. The van der Waals surface area contributed by atoms with E-state index in [9.17, 15) is 9.59 Å². The topological polar surface area (TPSA) is 52.7 Å². The molecular weight excluding hydrogens is 254 g/mol. The Labute approximate surface area is 119 Å². The Morgan fingerprint density at radius 2 is 1.90 bits per heavy atom. The second-order valence-electron chi connectivity index (χ2n) is 5.04. The normalized spacial score (nSPS) is 16.9. The van der Waals surface area contributed by atoms with Gasteiger partial charge in [0, 0.05) is 32.2 Å². The van der Waals surface area contributed by atoms with Crippen molar-refractivity contribution >= 4 is 12.3 Å². The van der Waals surface area contributed by atoms with Crippen molar-refractivity contribution in [1.29, 1.82) is 0 Å². The minimum Gasteiger partial charge on any atom is -0.342 e. The van der Waals surface area contributed by atoms with Crippen LogP contribution in [0.15, 0.2) is 30.3 Å². The molecular formula is C15H21N3O2. The highest BCUT2D eigenvalue weighted by Crippen LogP contribution is 2.10. The quantitative estimate of drug-likeness (QED) is 0.802. The van der Waals surface area contributed by atoms with Gasteiger partial charge in [-0.15, -0.1) is 0 Å². The van der Waals surface area contributed by atoms with Gasteiger partial charge in [-0.05, 0) is 12.5 Å². The SMILES string of the molecule is CC(NCC(=O)N1CCN(C=O)CC1)c1ccccc1. The fourth-order valence-corrected chi connectivity index (χ4v) is 2.29. The monoisotopic (exact) mass is 275 g/mol. The van der Waals surface area contributed by atoms with Gasteiger partial charge in [0.05, 0.1) is 6.54 Å². The summed E-state index contributed by atoms with van der Waals surface area (Å²) in [5.74, 6) is 0.0957. The standard InChI is InChI=1S/C15H21N3O2/c1-13(14-5-3-2-4-6-14)16-11-15(20)18-9-7-17(12-19)8-10-18/h2-6,12-13,16H,7-11H2,1H3. The number of rotatable bonds is 5. The molecule has 20 heavy (non-hydrogen) atoms. The third-order valence-electron chi connectivity index (χ3n) is 3.68. The Morgan fingerprint density at radius 1 is 1.25 bits per heavy atom. The van der Waals surface area contributed by atoms with E-state index in [0.29, 0.717) is 32.7 Å². The lowest BCUT2D eigenvalue weighted by Gasteiger charge is -2.32. The van der Waals surface area contributed by atoms with Crippen LogP contribution < -0.4 is 5.32 Å². The number of nitrogens with one attached hydrogen (secondary N) is 1. The number of nitrogens with zero attached hydrogens (tertiary/aromatic N) is 2. The van der Waals surface area contributed by atoms with Crippen molar-refractivity contribution in [2.24, 2.45) is 0 Å². The number of carbonyl (C=O) groups is 2. The second-order valence-corrected chi connectivity index (χ2v) is 5.04. The highest BCUT2D eigenvalue weighted by molar-refractivity contribution is 5.78. The molecule has 0 bridgehead atoms. The molecule has 1 aliphatic rings. The minimum absolute atomic E-state index is 0.0957. The van der Waals surface area contributed by atoms with Crippen LogP contribution in [0.5, 0.6) is 0 Å². The number of hydrogen-bond donors (Lipinski definition) is 1. The highest BCUT2D eigenvalue weighted by atomic mass is 16.2. The Kier molecular flexibility index (Phi) is 5.12. The lowest BCUT2D eigenvalue weighted by molar-refractivity contribution is -0.134. The van der Waals surface area contributed by atoms with Crippen molar-refractivity contribution in [3.8, 4) is 0 Å². The van der Waals surface area contributed by atoms with E-state index in [4.69, 9.17) is 0 Å². The van der Waals surface area contributed by atoms with Crippen LogP contribution in [0, 0.1) is 0 Å². The molecule has 1 aromatic rings. The van der Waals surface area contributed by atoms with Gasteiger partial charge < -0.3 is 15.1 Å². The molecule has 0 radical (unpaired) electrons. The molecule has 108 valence electrons. The third-order valence-corrected chi connectivity index (χ3v) is 3.68. The fraction of sp³-hybridized carbons (Fsp3) is 0.467. The number of benzene rings is 1. The molecule has 2 amide bonds. The summed E-state index contributed by atoms with van der Waals surface area (Å²) >= 11 is 0. The van der Waals surface area contributed by atoms with Crippen LogP contribution in [0.25, 0.3) is 0 Å². The smallest absolute Gasteiger partial charge is 0.236 e. The van der Waals surface area contributed by atoms with Crippen LogP contribution in [-0.2, 0) is 9.59 Å². The first-order valence-electron chi connectivity index (χ1n) is 6.96. The Bertz CT molecular complexity index is 442. The number of piperazine rings is 1. The van der Waals surface area contributed by atoms with Crippen molar-refractivity contribution in [3.05, 3.63) is 35.9 Å². The molecule has 1 fully saturated rings. The summed E-state index contributed by atoms with van der Waals surface area (Å²) in [6.45, 7) is 4.88. The average Bonchev–Trinajstić information content (AvgIpc) is 2.53. The largest absolute Gasteiger partial charge is 0.342 e. The van der Waals surface area contributed by atoms with E-state index in [1.807, 2.05) is 42.2 Å². The van der Waals surface area contributed by atoms with E-state index in [0.717, 1.165) is 6.41 Å². The molecule has 5 nitrogen and oxygen atoms in total. The summed E-state index contributed by atoms with van der Waals surface area (Å²) in [6, 6.07) is 10.2. The summed E-state index contributed by atoms with van der Waals surface area (Å²) in [5.41, 5.74) is 1.17. The molecule has 1 N–H and O–H groups in total. The van der Waals surface area contributed by atoms with Crippen LogP contribution >= 0.6 is 0 Å². The van der Waals surface area contributed by atoms with E-state index < -0.39 is 0 Å². The van der Waals surface area contributed by atoms with Gasteiger partial charge in [0.1, 0.15) is 0 Å². The number of amides is 2. The fourth-order valence-electron chi connectivity index (χ4n) is 2.29. The van der Waals surface area contributed by atoms with Crippen molar-refractivity contribution in [2.45, 2.75) is 13.0 Å². The molecule has 1 heterocycles. The molecule has 0 saturated carbocycles. The first-order valence-corrected chi connectivity index (χ1v) is 6.96. The van der Waals surface area contributed by atoms with Gasteiger partial charge in [-0.25, -0.2) is 0 Å². The Morgan fingerprint density at radius 3 is 2.50 bits per heavy atom. The Balaban J connectivity index is 1.77. The minimum atomic E-state index is 0.0957. The van der Waals surface area contributed by atoms with Crippen LogP contribution in [0.2, 0.25) is 0 Å². The van der Waals surface area contributed by atoms with Crippen molar-refractivity contribution in [2.75, 3.05) is 32.7 Å². The second kappa shape index (κ2) is 7.05. The molecule has 1 unspecified atom stereocenters. The number of carbonyl (C=O) groups excluding carboxylic acids is 2. The molecule has 1 aromatic carbocycles. The van der Waals surface area contributed by atoms with Crippen molar-refractivity contribution < 1.29 is 9.59 Å². The number of hydrogen-bond acceptors (Lipinski definition) is 3. The highest BCUT2D eigenvalue weighted by Gasteiger charge is 2.20. The molecule has 0 aromatic heterocycles. The van der Waals surface area contributed by atoms with E-state index in [2.05, 4.69) is 5.32 Å². The van der Waals surface area contributed by atoms with E-state index in [1.54, 1.807) is 4.90 Å². The van der Waals surface area contributed by atoms with E-state index in [1.165, 1.54) is 5.56 Å². The van der Waals surface area contributed by atoms with Crippen molar-refractivity contribution in [3.63, 3.8) is 0 Å². The molecule has 0 spiro atoms. The van der Waals surface area contributed by atoms with Gasteiger partial charge in [0.15, 0.2) is 0 Å². The van der Waals surface area contributed by atoms with Gasteiger partial charge in [0.25, 0.3) is 0 Å². The van der Waals surface area contributed by atoms with Crippen LogP contribution in [-0.4, -0.2) is 54.8 Å². The predicted octanol–water partition coefficient (Wildman–Crippen LogP) is 0.638. The van der Waals surface area contributed by atoms with Gasteiger partial charge in [-0.1, -0.05) is 30.3 Å². The van der Waals surface area contributed by atoms with Gasteiger partial charge >= 0.3 is 0 Å². The van der Waals surface area contributed by atoms with Gasteiger partial charge in [-0.3, -0.25) is 9.59 Å². The van der Waals surface area contributed by atoms with Gasteiger partial charge in [0.2, 0.25) is 12.3 Å². The summed E-state index contributed by atoms with van der Waals surface area (Å²) in [6.07, 6.45) is 0.845. The molecule has 5 heteroatoms. The zero-order chi connectivity index (χ0) is 14.4. The third kappa shape index (κ3) is 3.81. The molecule has 0 aliphatic carbocycles. The van der Waals surface area contributed by atoms with Gasteiger partial charge in [-0.2, -0.15) is 0 Å². The average molecular weight is 275 g/mol. The first kappa shape index (κ1) is 14.5. The Hall–Kier alpha value is -1.88. The van der Waals surface area contributed by atoms with E-state index in [-0.39, 0.29) is 11.9 Å². The zero-order valence-electron chi connectivity index (χ0n) is 11.8. The molecule has 1 aliphatic heterocycles. The van der Waals surface area contributed by atoms with Crippen LogP contribution in [0.3, 0.4) is 0 Å². The van der Waals surface area contributed by atoms with E-state index >= 15 is 0 Å².